The molecule has 0 spiro atoms. The highest BCUT2D eigenvalue weighted by molar-refractivity contribution is 5.89. The molecule has 0 radical (unpaired) electrons. The van der Waals surface area contributed by atoms with E-state index in [9.17, 15) is 34.8 Å². The highest BCUT2D eigenvalue weighted by Gasteiger charge is 2.54. The largest absolute Gasteiger partial charge is 0.459 e. The van der Waals surface area contributed by atoms with Crippen LogP contribution in [0.25, 0.3) is 0 Å². The monoisotopic (exact) mass is 832 g/mol. The van der Waals surface area contributed by atoms with Gasteiger partial charge in [-0.15, -0.1) is 0 Å². The average Bonchev–Trinajstić information content (AvgIpc) is 3.12. The number of cyclic esters (lactones) is 1. The topological polar surface area (TPSA) is 222 Å². The number of nitrogens with zero attached hydrogens (tertiary/aromatic N) is 2. The molecule has 18 atom stereocenters. The van der Waals surface area contributed by atoms with Gasteiger partial charge in [0.15, 0.2) is 18.7 Å². The van der Waals surface area contributed by atoms with Gasteiger partial charge >= 0.3 is 17.9 Å². The fourth-order valence-electron chi connectivity index (χ4n) is 9.01. The van der Waals surface area contributed by atoms with Crippen LogP contribution in [-0.2, 0) is 52.4 Å². The number of hydrogen-bond acceptors (Lipinski definition) is 17. The molecule has 3 saturated heterocycles. The van der Waals surface area contributed by atoms with Crippen LogP contribution >= 0.6 is 0 Å². The van der Waals surface area contributed by atoms with Crippen LogP contribution in [0.2, 0.25) is 0 Å². The molecule has 3 aliphatic rings. The van der Waals surface area contributed by atoms with Gasteiger partial charge in [-0.1, -0.05) is 32.9 Å². The van der Waals surface area contributed by atoms with Crippen LogP contribution in [0.15, 0.2) is 5.16 Å². The zero-order valence-corrected chi connectivity index (χ0v) is 37.2. The molecule has 0 aromatic rings. The van der Waals surface area contributed by atoms with E-state index in [4.69, 9.17) is 38.0 Å². The number of carbonyl (C=O) groups excluding carboxylic acids is 3. The minimum absolute atomic E-state index is 0.0631. The molecule has 0 saturated carbocycles. The Kier molecular flexibility index (Phi) is 17.3. The van der Waals surface area contributed by atoms with E-state index in [1.54, 1.807) is 55.4 Å². The SMILES string of the molecule is CC[C@H]1OC(=O)[C@H](C)[C@@H](O[C@H]2C[C@@](C)(OC)[C@@H](O)[C@H](C)O2)[C@H](C)[C@@H](O[C@@H]2O[C@H](C)C[C@H](N(C)C)[C@H]2OC(C)=O)[C@](C)(O)C[C@@H](C)/C(=N\OC(C)=O)[C@H](C)[C@@H](O)[C@]1(C)O. The molecule has 0 amide bonds. The molecular formula is C41H72N2O15. The van der Waals surface area contributed by atoms with E-state index in [0.29, 0.717) is 6.42 Å². The van der Waals surface area contributed by atoms with Crippen molar-refractivity contribution >= 4 is 23.6 Å². The van der Waals surface area contributed by atoms with Crippen LogP contribution < -0.4 is 0 Å². The number of oxime groups is 1. The molecule has 336 valence electrons. The minimum Gasteiger partial charge on any atom is -0.459 e. The molecule has 0 aromatic heterocycles. The van der Waals surface area contributed by atoms with Crippen LogP contribution in [0.3, 0.4) is 0 Å². The second kappa shape index (κ2) is 20.0. The van der Waals surface area contributed by atoms with Crippen molar-refractivity contribution in [3.8, 4) is 0 Å². The number of rotatable bonds is 9. The molecule has 3 fully saturated rings. The molecule has 0 aromatic carbocycles. The summed E-state index contributed by atoms with van der Waals surface area (Å²) in [4.78, 5) is 45.9. The number of carbonyl (C=O) groups is 3. The Balaban J connectivity index is 2.31. The lowest BCUT2D eigenvalue weighted by molar-refractivity contribution is -0.318. The fraction of sp³-hybridized carbons (Fsp3) is 0.902. The predicted octanol–water partition coefficient (Wildman–Crippen LogP) is 2.71. The van der Waals surface area contributed by atoms with Crippen LogP contribution in [-0.4, -0.2) is 154 Å². The van der Waals surface area contributed by atoms with E-state index in [-0.39, 0.29) is 37.1 Å². The van der Waals surface area contributed by atoms with E-state index in [1.165, 1.54) is 27.9 Å². The molecule has 3 rings (SSSR count). The van der Waals surface area contributed by atoms with Crippen molar-refractivity contribution in [1.29, 1.82) is 0 Å². The number of hydrogen-bond donors (Lipinski definition) is 4. The van der Waals surface area contributed by atoms with Gasteiger partial charge in [0, 0.05) is 45.1 Å². The minimum atomic E-state index is -2.03. The molecular weight excluding hydrogens is 760 g/mol. The Hall–Kier alpha value is -2.32. The third kappa shape index (κ3) is 11.5. The van der Waals surface area contributed by atoms with E-state index in [2.05, 4.69) is 5.16 Å². The fourth-order valence-corrected chi connectivity index (χ4v) is 9.01. The van der Waals surface area contributed by atoms with Gasteiger partial charge < -0.3 is 63.3 Å². The smallest absolute Gasteiger partial charge is 0.331 e. The van der Waals surface area contributed by atoms with Crippen LogP contribution in [0.5, 0.6) is 0 Å². The van der Waals surface area contributed by atoms with Gasteiger partial charge in [0.25, 0.3) is 0 Å². The van der Waals surface area contributed by atoms with E-state index in [1.807, 2.05) is 25.9 Å². The molecule has 3 aliphatic heterocycles. The zero-order chi connectivity index (χ0) is 44.2. The number of esters is 2. The van der Waals surface area contributed by atoms with Crippen molar-refractivity contribution in [2.24, 2.45) is 28.8 Å². The zero-order valence-electron chi connectivity index (χ0n) is 37.2. The van der Waals surface area contributed by atoms with Gasteiger partial charge in [0.2, 0.25) is 0 Å². The molecule has 17 nitrogen and oxygen atoms in total. The maximum Gasteiger partial charge on any atom is 0.331 e. The molecule has 4 N–H and O–H groups in total. The standard InChI is InChI=1S/C41H72N2O15/c1-16-29-41(12,50)34(46)22(4)31(42-58-27(9)45)20(2)18-39(10,49)36(57-38-33(54-26(8)44)28(43(13)14)17-21(3)52-38)23(5)32(24(6)37(48)55-29)56-30-19-40(11,51-15)35(47)25(7)53-30/h20-25,28-30,32-36,38,46-47,49-50H,16-19H2,1-15H3/b42-31+/t20-,21-,22+,23+,24-,25+,28+,29-,30+,32+,33-,34-,35+,36-,38+,39-,40-,41-/m1/s1. The first-order valence-electron chi connectivity index (χ1n) is 20.5. The molecule has 17 heteroatoms. The summed E-state index contributed by atoms with van der Waals surface area (Å²) in [5, 5.41) is 51.5. The lowest BCUT2D eigenvalue weighted by atomic mass is 9.73. The number of methoxy groups -OCH3 is 1. The summed E-state index contributed by atoms with van der Waals surface area (Å²) in [6, 6.07) is -0.338. The molecule has 0 aliphatic carbocycles. The first-order valence-corrected chi connectivity index (χ1v) is 20.5. The average molecular weight is 833 g/mol. The van der Waals surface area contributed by atoms with Gasteiger partial charge in [0.1, 0.15) is 17.8 Å². The van der Waals surface area contributed by atoms with Crippen molar-refractivity contribution in [1.82, 2.24) is 4.90 Å². The first kappa shape index (κ1) is 50.0. The summed E-state index contributed by atoms with van der Waals surface area (Å²) in [5.41, 5.74) is -4.82. The second-order valence-corrected chi connectivity index (χ2v) is 17.8. The van der Waals surface area contributed by atoms with Crippen LogP contribution in [0, 0.1) is 23.7 Å². The van der Waals surface area contributed by atoms with Gasteiger partial charge in [-0.05, 0) is 74.9 Å². The van der Waals surface area contributed by atoms with Crippen LogP contribution in [0.4, 0.5) is 0 Å². The Morgan fingerprint density at radius 3 is 2.05 bits per heavy atom. The quantitative estimate of drug-likeness (QED) is 0.149. The highest BCUT2D eigenvalue weighted by Crippen LogP contribution is 2.41. The Morgan fingerprint density at radius 2 is 1.52 bits per heavy atom. The lowest BCUT2D eigenvalue weighted by Gasteiger charge is -2.49. The number of likely N-dealkylation sites (N-methyl/N-ethyl adjacent to an activating group) is 1. The Bertz CT molecular complexity index is 1430. The van der Waals surface area contributed by atoms with Gasteiger partial charge in [-0.3, -0.25) is 9.59 Å². The Morgan fingerprint density at radius 1 is 0.897 bits per heavy atom. The Labute approximate surface area is 343 Å². The van der Waals surface area contributed by atoms with Crippen molar-refractivity contribution < 1.29 is 72.8 Å². The van der Waals surface area contributed by atoms with Crippen LogP contribution in [0.1, 0.15) is 109 Å². The normalized spacial score (nSPS) is 45.6. The van der Waals surface area contributed by atoms with E-state index < -0.39 is 114 Å². The summed E-state index contributed by atoms with van der Waals surface area (Å²) in [6.07, 6.45) is -9.92. The maximum atomic E-state index is 14.3. The van der Waals surface area contributed by atoms with Crippen molar-refractivity contribution in [2.45, 2.75) is 193 Å². The lowest BCUT2D eigenvalue weighted by Crippen LogP contribution is -2.61. The number of ether oxygens (including phenoxy) is 7. The number of aliphatic hydroxyl groups is 4. The second-order valence-electron chi connectivity index (χ2n) is 17.8. The van der Waals surface area contributed by atoms with E-state index >= 15 is 0 Å². The summed E-state index contributed by atoms with van der Waals surface area (Å²) in [6.45, 7) is 19.0. The molecule has 58 heavy (non-hydrogen) atoms. The molecule has 0 unspecified atom stereocenters. The molecule has 0 bridgehead atoms. The predicted molar refractivity (Wildman–Crippen MR) is 210 cm³/mol. The van der Waals surface area contributed by atoms with Gasteiger partial charge in [0.05, 0.1) is 59.4 Å². The molecule has 3 heterocycles. The number of aliphatic hydroxyl groups excluding tert-OH is 2. The summed E-state index contributed by atoms with van der Waals surface area (Å²) >= 11 is 0. The third-order valence-electron chi connectivity index (χ3n) is 12.4. The summed E-state index contributed by atoms with van der Waals surface area (Å²) in [5.74, 6) is -5.79. The van der Waals surface area contributed by atoms with E-state index in [0.717, 1.165) is 0 Å². The summed E-state index contributed by atoms with van der Waals surface area (Å²) in [7, 11) is 5.18. The van der Waals surface area contributed by atoms with Gasteiger partial charge in [-0.2, -0.15) is 0 Å². The summed E-state index contributed by atoms with van der Waals surface area (Å²) < 4.78 is 43.7. The third-order valence-corrected chi connectivity index (χ3v) is 12.4. The van der Waals surface area contributed by atoms with Crippen molar-refractivity contribution in [2.75, 3.05) is 21.2 Å². The highest BCUT2D eigenvalue weighted by atomic mass is 16.7. The first-order chi connectivity index (χ1) is 26.7. The van der Waals surface area contributed by atoms with Gasteiger partial charge in [-0.25, -0.2) is 4.79 Å². The maximum absolute atomic E-state index is 14.3. The van der Waals surface area contributed by atoms with Crippen molar-refractivity contribution in [3.05, 3.63) is 0 Å². The van der Waals surface area contributed by atoms with Crippen molar-refractivity contribution in [3.63, 3.8) is 0 Å².